The predicted octanol–water partition coefficient (Wildman–Crippen LogP) is 1.76. The maximum Gasteiger partial charge on any atom is 0.335 e. The number of aliphatic hydroxyl groups is 1. The number of aromatic carboxylic acids is 1. The average Bonchev–Trinajstić information content (AvgIpc) is 2.43. The monoisotopic (exact) mass is 296 g/mol. The van der Waals surface area contributed by atoms with Crippen molar-refractivity contribution in [1.82, 2.24) is 4.90 Å². The lowest BCUT2D eigenvalue weighted by molar-refractivity contribution is 0.0505. The highest BCUT2D eigenvalue weighted by molar-refractivity contribution is 5.91. The van der Waals surface area contributed by atoms with Crippen LogP contribution in [0.2, 0.25) is 0 Å². The van der Waals surface area contributed by atoms with E-state index in [1.54, 1.807) is 0 Å². The summed E-state index contributed by atoms with van der Waals surface area (Å²) in [6.07, 6.45) is 0.0512. The summed E-state index contributed by atoms with van der Waals surface area (Å²) in [4.78, 5) is 24.3. The van der Waals surface area contributed by atoms with Crippen molar-refractivity contribution in [2.75, 3.05) is 18.4 Å². The number of urea groups is 1. The molecular formula is C14H17FN2O4. The van der Waals surface area contributed by atoms with Gasteiger partial charge in [0.15, 0.2) is 0 Å². The molecule has 1 aliphatic heterocycles. The zero-order valence-corrected chi connectivity index (χ0v) is 11.5. The largest absolute Gasteiger partial charge is 0.478 e. The van der Waals surface area contributed by atoms with E-state index in [9.17, 15) is 19.1 Å². The Morgan fingerprint density at radius 1 is 1.43 bits per heavy atom. The minimum atomic E-state index is -1.23. The van der Waals surface area contributed by atoms with Crippen molar-refractivity contribution in [1.29, 1.82) is 0 Å². The molecule has 1 aromatic carbocycles. The van der Waals surface area contributed by atoms with E-state index in [0.29, 0.717) is 19.5 Å². The van der Waals surface area contributed by atoms with Crippen molar-refractivity contribution in [3.8, 4) is 0 Å². The minimum absolute atomic E-state index is 0.0382. The Bertz CT molecular complexity index is 564. The number of hydrogen-bond donors (Lipinski definition) is 3. The normalized spacial score (nSPS) is 22.0. The first-order chi connectivity index (χ1) is 9.88. The van der Waals surface area contributed by atoms with Gasteiger partial charge in [-0.3, -0.25) is 0 Å². The Morgan fingerprint density at radius 2 is 2.14 bits per heavy atom. The lowest BCUT2D eigenvalue weighted by Gasteiger charge is -2.34. The first kappa shape index (κ1) is 15.2. The molecule has 1 saturated heterocycles. The van der Waals surface area contributed by atoms with Gasteiger partial charge in [0.25, 0.3) is 0 Å². The molecule has 0 saturated carbocycles. The zero-order valence-electron chi connectivity index (χ0n) is 11.5. The standard InChI is InChI=1S/C14H17FN2O4/c1-8-7-17(5-4-12(8)18)14(21)16-11-3-2-9(13(19)20)6-10(11)15/h2-3,6,8,12,18H,4-5,7H2,1H3,(H,16,21)(H,19,20). The van der Waals surface area contributed by atoms with Gasteiger partial charge in [0, 0.05) is 13.1 Å². The van der Waals surface area contributed by atoms with Gasteiger partial charge >= 0.3 is 12.0 Å². The molecule has 114 valence electrons. The smallest absolute Gasteiger partial charge is 0.335 e. The Balaban J connectivity index is 2.04. The van der Waals surface area contributed by atoms with Gasteiger partial charge < -0.3 is 20.4 Å². The van der Waals surface area contributed by atoms with Crippen LogP contribution >= 0.6 is 0 Å². The van der Waals surface area contributed by atoms with Crippen LogP contribution < -0.4 is 5.32 Å². The van der Waals surface area contributed by atoms with E-state index < -0.39 is 23.9 Å². The predicted molar refractivity (Wildman–Crippen MR) is 73.7 cm³/mol. The first-order valence-corrected chi connectivity index (χ1v) is 6.65. The van der Waals surface area contributed by atoms with Crippen LogP contribution in [-0.4, -0.2) is 46.3 Å². The van der Waals surface area contributed by atoms with E-state index in [4.69, 9.17) is 5.11 Å². The Kier molecular flexibility index (Phi) is 4.42. The maximum atomic E-state index is 13.7. The lowest BCUT2D eigenvalue weighted by Crippen LogP contribution is -2.46. The summed E-state index contributed by atoms with van der Waals surface area (Å²) in [6.45, 7) is 2.63. The van der Waals surface area contributed by atoms with Crippen molar-refractivity contribution in [3.63, 3.8) is 0 Å². The number of anilines is 1. The Labute approximate surface area is 121 Å². The highest BCUT2D eigenvalue weighted by atomic mass is 19.1. The van der Waals surface area contributed by atoms with E-state index in [0.717, 1.165) is 6.07 Å². The number of carboxylic acid groups (broad SMARTS) is 1. The Hall–Kier alpha value is -2.15. The second-order valence-electron chi connectivity index (χ2n) is 5.21. The summed E-state index contributed by atoms with van der Waals surface area (Å²) in [5.74, 6) is -2.07. The number of rotatable bonds is 2. The molecule has 2 rings (SSSR count). The summed E-state index contributed by atoms with van der Waals surface area (Å²) >= 11 is 0. The molecule has 0 aromatic heterocycles. The summed E-state index contributed by atoms with van der Waals surface area (Å²) < 4.78 is 13.7. The van der Waals surface area contributed by atoms with Crippen LogP contribution in [0, 0.1) is 11.7 Å². The molecule has 1 heterocycles. The van der Waals surface area contributed by atoms with Gasteiger partial charge in [0.05, 0.1) is 17.4 Å². The number of carboxylic acids is 1. The SMILES string of the molecule is CC1CN(C(=O)Nc2ccc(C(=O)O)cc2F)CCC1O. The summed E-state index contributed by atoms with van der Waals surface area (Å²) in [7, 11) is 0. The minimum Gasteiger partial charge on any atom is -0.478 e. The molecular weight excluding hydrogens is 279 g/mol. The molecule has 3 N–H and O–H groups in total. The number of piperidine rings is 1. The van der Waals surface area contributed by atoms with E-state index in [1.165, 1.54) is 17.0 Å². The molecule has 0 aliphatic carbocycles. The van der Waals surface area contributed by atoms with Gasteiger partial charge in [-0.05, 0) is 30.5 Å². The van der Waals surface area contributed by atoms with Gasteiger partial charge in [-0.2, -0.15) is 0 Å². The van der Waals surface area contributed by atoms with E-state index in [1.807, 2.05) is 6.92 Å². The highest BCUT2D eigenvalue weighted by Gasteiger charge is 2.27. The molecule has 0 spiro atoms. The molecule has 1 aliphatic rings. The second-order valence-corrected chi connectivity index (χ2v) is 5.21. The fraction of sp³-hybridized carbons (Fsp3) is 0.429. The van der Waals surface area contributed by atoms with E-state index >= 15 is 0 Å². The number of likely N-dealkylation sites (tertiary alicyclic amines) is 1. The van der Waals surface area contributed by atoms with Crippen molar-refractivity contribution in [2.24, 2.45) is 5.92 Å². The van der Waals surface area contributed by atoms with Crippen molar-refractivity contribution >= 4 is 17.7 Å². The maximum absolute atomic E-state index is 13.7. The van der Waals surface area contributed by atoms with Gasteiger partial charge in [-0.25, -0.2) is 14.0 Å². The Morgan fingerprint density at radius 3 is 2.71 bits per heavy atom. The molecule has 0 bridgehead atoms. The first-order valence-electron chi connectivity index (χ1n) is 6.65. The van der Waals surface area contributed by atoms with Crippen LogP contribution in [0.3, 0.4) is 0 Å². The summed E-state index contributed by atoms with van der Waals surface area (Å²) in [6, 6.07) is 2.85. The van der Waals surface area contributed by atoms with Gasteiger partial charge in [0.2, 0.25) is 0 Å². The summed E-state index contributed by atoms with van der Waals surface area (Å²) in [5.41, 5.74) is -0.246. The highest BCUT2D eigenvalue weighted by Crippen LogP contribution is 2.20. The number of nitrogens with one attached hydrogen (secondary N) is 1. The average molecular weight is 296 g/mol. The van der Waals surface area contributed by atoms with E-state index in [2.05, 4.69) is 5.32 Å². The molecule has 2 amide bonds. The molecule has 21 heavy (non-hydrogen) atoms. The molecule has 2 unspecified atom stereocenters. The molecule has 0 radical (unpaired) electrons. The van der Waals surface area contributed by atoms with Crippen LogP contribution in [0.15, 0.2) is 18.2 Å². The van der Waals surface area contributed by atoms with Crippen molar-refractivity contribution < 1.29 is 24.2 Å². The third-order valence-electron chi connectivity index (χ3n) is 3.60. The fourth-order valence-electron chi connectivity index (χ4n) is 2.26. The molecule has 7 heteroatoms. The number of carbonyl (C=O) groups is 2. The molecule has 6 nitrogen and oxygen atoms in total. The molecule has 1 aromatic rings. The van der Waals surface area contributed by atoms with Crippen LogP contribution in [0.5, 0.6) is 0 Å². The van der Waals surface area contributed by atoms with Gasteiger partial charge in [-0.15, -0.1) is 0 Å². The molecule has 2 atom stereocenters. The van der Waals surface area contributed by atoms with Crippen molar-refractivity contribution in [3.05, 3.63) is 29.6 Å². The summed E-state index contributed by atoms with van der Waals surface area (Å²) in [5, 5.41) is 20.8. The number of halogens is 1. The van der Waals surface area contributed by atoms with Gasteiger partial charge in [-0.1, -0.05) is 6.92 Å². The third kappa shape index (κ3) is 3.49. The number of carbonyl (C=O) groups excluding carboxylic acids is 1. The van der Waals surface area contributed by atoms with Gasteiger partial charge in [0.1, 0.15) is 5.82 Å². The van der Waals surface area contributed by atoms with Crippen LogP contribution in [-0.2, 0) is 0 Å². The van der Waals surface area contributed by atoms with E-state index in [-0.39, 0.29) is 17.2 Å². The number of hydrogen-bond acceptors (Lipinski definition) is 3. The number of amides is 2. The number of aliphatic hydroxyl groups excluding tert-OH is 1. The second kappa shape index (κ2) is 6.09. The third-order valence-corrected chi connectivity index (χ3v) is 3.60. The number of nitrogens with zero attached hydrogens (tertiary/aromatic N) is 1. The fourth-order valence-corrected chi connectivity index (χ4v) is 2.26. The van der Waals surface area contributed by atoms with Crippen molar-refractivity contribution in [2.45, 2.75) is 19.4 Å². The van der Waals surface area contributed by atoms with Crippen LogP contribution in [0.1, 0.15) is 23.7 Å². The zero-order chi connectivity index (χ0) is 15.6. The lowest BCUT2D eigenvalue weighted by atomic mass is 9.97. The molecule has 1 fully saturated rings. The van der Waals surface area contributed by atoms with Crippen LogP contribution in [0.4, 0.5) is 14.9 Å². The number of benzene rings is 1. The van der Waals surface area contributed by atoms with Crippen LogP contribution in [0.25, 0.3) is 0 Å². The topological polar surface area (TPSA) is 89.9 Å². The quantitative estimate of drug-likeness (QED) is 0.775.